The predicted octanol–water partition coefficient (Wildman–Crippen LogP) is 6.65. The number of aryl methyl sites for hydroxylation is 2. The number of ether oxygens (including phenoxy) is 2. The van der Waals surface area contributed by atoms with Crippen LogP contribution in [-0.4, -0.2) is 47.3 Å². The van der Waals surface area contributed by atoms with Crippen LogP contribution in [-0.2, 0) is 16.0 Å². The molecule has 3 N–H and O–H groups in total. The number of carbonyl (C=O) groups is 2. The molecule has 0 unspecified atom stereocenters. The number of carboxylic acids is 1. The monoisotopic (exact) mass is 587 g/mol. The minimum atomic E-state index is -1.16. The summed E-state index contributed by atoms with van der Waals surface area (Å²) in [6.07, 6.45) is 1.53. The first kappa shape index (κ1) is 32.0. The van der Waals surface area contributed by atoms with Crippen LogP contribution in [0.1, 0.15) is 86.4 Å². The number of primary amides is 1. The Morgan fingerprint density at radius 3 is 2.14 bits per heavy atom. The molecule has 1 aromatic heterocycles. The number of hydrogen-bond acceptors (Lipinski definition) is 6. The standard InChI is InChI=1S/C35H45N3O5/c1-22-28(25-12-14-27(15-13-25)42-21-16-24-8-10-26(11-9-24)32(36)39)30(38-19-17-35(6,7)18-20-38)29(23(2)37-22)31(33(40)41)43-34(3,4)5/h8-15,31H,16-21H2,1-7H3,(H2,36,39)(H,40,41)/t31-/m0/s1. The van der Waals surface area contributed by atoms with Crippen molar-refractivity contribution in [3.63, 3.8) is 0 Å². The topological polar surface area (TPSA) is 115 Å². The number of nitrogens with two attached hydrogens (primary N) is 1. The Morgan fingerprint density at radius 1 is 1.00 bits per heavy atom. The quantitative estimate of drug-likeness (QED) is 0.273. The van der Waals surface area contributed by atoms with Crippen molar-refractivity contribution in [2.45, 2.75) is 79.4 Å². The van der Waals surface area contributed by atoms with E-state index >= 15 is 0 Å². The zero-order chi connectivity index (χ0) is 31.5. The van der Waals surface area contributed by atoms with Gasteiger partial charge in [0.2, 0.25) is 5.91 Å². The lowest BCUT2D eigenvalue weighted by Crippen LogP contribution is -2.39. The lowest BCUT2D eigenvalue weighted by Gasteiger charge is -2.41. The molecular formula is C35H45N3O5. The molecule has 43 heavy (non-hydrogen) atoms. The molecule has 8 nitrogen and oxygen atoms in total. The van der Waals surface area contributed by atoms with Crippen LogP contribution in [0.2, 0.25) is 0 Å². The number of amides is 1. The molecule has 1 aliphatic heterocycles. The second-order valence-electron chi connectivity index (χ2n) is 13.2. The molecule has 0 aliphatic carbocycles. The van der Waals surface area contributed by atoms with Crippen LogP contribution >= 0.6 is 0 Å². The molecule has 1 atom stereocenters. The van der Waals surface area contributed by atoms with Gasteiger partial charge in [0.15, 0.2) is 6.10 Å². The van der Waals surface area contributed by atoms with E-state index in [9.17, 15) is 14.7 Å². The molecule has 0 radical (unpaired) electrons. The zero-order valence-corrected chi connectivity index (χ0v) is 26.5. The third kappa shape index (κ3) is 7.93. The van der Waals surface area contributed by atoms with E-state index in [4.69, 9.17) is 20.2 Å². The van der Waals surface area contributed by atoms with Gasteiger partial charge in [0, 0.05) is 47.6 Å². The van der Waals surface area contributed by atoms with Crippen LogP contribution in [0, 0.1) is 19.3 Å². The number of aromatic nitrogens is 1. The maximum atomic E-state index is 12.7. The number of pyridine rings is 1. The zero-order valence-electron chi connectivity index (χ0n) is 26.5. The maximum Gasteiger partial charge on any atom is 0.337 e. The Kier molecular flexibility index (Phi) is 9.50. The molecule has 2 heterocycles. The summed E-state index contributed by atoms with van der Waals surface area (Å²) in [5, 5.41) is 10.4. The van der Waals surface area contributed by atoms with E-state index in [1.807, 2.05) is 71.0 Å². The van der Waals surface area contributed by atoms with Crippen LogP contribution in [0.15, 0.2) is 48.5 Å². The van der Waals surface area contributed by atoms with Crippen molar-refractivity contribution in [3.05, 3.63) is 76.6 Å². The van der Waals surface area contributed by atoms with E-state index in [1.54, 1.807) is 12.1 Å². The fourth-order valence-electron chi connectivity index (χ4n) is 5.60. The van der Waals surface area contributed by atoms with Gasteiger partial charge in [0.05, 0.1) is 17.9 Å². The second kappa shape index (κ2) is 12.8. The second-order valence-corrected chi connectivity index (χ2v) is 13.2. The molecule has 4 rings (SSSR count). The molecule has 1 aliphatic rings. The predicted molar refractivity (Wildman–Crippen MR) is 170 cm³/mol. The highest BCUT2D eigenvalue weighted by Gasteiger charge is 2.36. The summed E-state index contributed by atoms with van der Waals surface area (Å²) in [6, 6.07) is 15.1. The third-order valence-corrected chi connectivity index (χ3v) is 8.01. The number of benzene rings is 2. The first-order valence-electron chi connectivity index (χ1n) is 14.9. The fourth-order valence-corrected chi connectivity index (χ4v) is 5.60. The smallest absolute Gasteiger partial charge is 0.337 e. The number of piperidine rings is 1. The first-order valence-corrected chi connectivity index (χ1v) is 14.9. The van der Waals surface area contributed by atoms with Crippen molar-refractivity contribution in [2.75, 3.05) is 24.6 Å². The third-order valence-electron chi connectivity index (χ3n) is 8.01. The van der Waals surface area contributed by atoms with Crippen molar-refractivity contribution >= 4 is 17.6 Å². The summed E-state index contributed by atoms with van der Waals surface area (Å²) in [4.78, 5) is 31.2. The van der Waals surface area contributed by atoms with E-state index in [0.29, 0.717) is 29.8 Å². The van der Waals surface area contributed by atoms with Gasteiger partial charge in [0.25, 0.3) is 0 Å². The van der Waals surface area contributed by atoms with E-state index in [1.165, 1.54) is 0 Å². The Hall–Kier alpha value is -3.91. The van der Waals surface area contributed by atoms with E-state index < -0.39 is 23.6 Å². The minimum absolute atomic E-state index is 0.227. The SMILES string of the molecule is Cc1nc(C)c([C@H](OC(C)(C)C)C(=O)O)c(N2CCC(C)(C)CC2)c1-c1ccc(OCCc2ccc(C(N)=O)cc2)cc1. The molecule has 1 fully saturated rings. The lowest BCUT2D eigenvalue weighted by molar-refractivity contribution is -0.160. The van der Waals surface area contributed by atoms with Gasteiger partial charge in [-0.05, 0) is 88.3 Å². The van der Waals surface area contributed by atoms with Gasteiger partial charge >= 0.3 is 5.97 Å². The highest BCUT2D eigenvalue weighted by atomic mass is 16.5. The molecule has 1 amide bonds. The largest absolute Gasteiger partial charge is 0.493 e. The average Bonchev–Trinajstić information content (AvgIpc) is 2.92. The Labute approximate surface area is 255 Å². The maximum absolute atomic E-state index is 12.7. The number of carbonyl (C=O) groups excluding carboxylic acids is 1. The van der Waals surface area contributed by atoms with Crippen molar-refractivity contribution < 1.29 is 24.2 Å². The van der Waals surface area contributed by atoms with Crippen molar-refractivity contribution in [1.29, 1.82) is 0 Å². The highest BCUT2D eigenvalue weighted by molar-refractivity contribution is 5.92. The number of rotatable bonds is 10. The van der Waals surface area contributed by atoms with Crippen LogP contribution in [0.4, 0.5) is 5.69 Å². The van der Waals surface area contributed by atoms with Gasteiger partial charge in [-0.2, -0.15) is 0 Å². The van der Waals surface area contributed by atoms with Gasteiger partial charge < -0.3 is 25.2 Å². The number of carboxylic acid groups (broad SMARTS) is 1. The minimum Gasteiger partial charge on any atom is -0.493 e. The van der Waals surface area contributed by atoms with Crippen molar-refractivity contribution in [2.24, 2.45) is 11.1 Å². The van der Waals surface area contributed by atoms with Gasteiger partial charge in [-0.15, -0.1) is 0 Å². The van der Waals surface area contributed by atoms with Gasteiger partial charge in [-0.1, -0.05) is 38.1 Å². The normalized spacial score (nSPS) is 15.7. The Morgan fingerprint density at radius 2 is 1.60 bits per heavy atom. The Balaban J connectivity index is 1.67. The molecule has 1 saturated heterocycles. The molecule has 0 spiro atoms. The van der Waals surface area contributed by atoms with Crippen molar-refractivity contribution in [1.82, 2.24) is 4.98 Å². The first-order chi connectivity index (χ1) is 20.1. The molecule has 3 aromatic rings. The van der Waals surface area contributed by atoms with Gasteiger partial charge in [-0.3, -0.25) is 9.78 Å². The number of aliphatic carboxylic acids is 1. The van der Waals surface area contributed by atoms with Crippen LogP contribution < -0.4 is 15.4 Å². The van der Waals surface area contributed by atoms with E-state index in [0.717, 1.165) is 59.8 Å². The average molecular weight is 588 g/mol. The summed E-state index contributed by atoms with van der Waals surface area (Å²) in [7, 11) is 0. The molecule has 8 heteroatoms. The van der Waals surface area contributed by atoms with Crippen LogP contribution in [0.5, 0.6) is 5.75 Å². The van der Waals surface area contributed by atoms with Crippen LogP contribution in [0.25, 0.3) is 11.1 Å². The molecule has 0 saturated carbocycles. The van der Waals surface area contributed by atoms with Gasteiger partial charge in [0.1, 0.15) is 5.75 Å². The van der Waals surface area contributed by atoms with Crippen LogP contribution in [0.3, 0.4) is 0 Å². The van der Waals surface area contributed by atoms with Gasteiger partial charge in [-0.25, -0.2) is 4.79 Å². The molecule has 230 valence electrons. The fraction of sp³-hybridized carbons (Fsp3) is 0.457. The van der Waals surface area contributed by atoms with Crippen molar-refractivity contribution in [3.8, 4) is 16.9 Å². The highest BCUT2D eigenvalue weighted by Crippen LogP contribution is 2.45. The number of nitrogens with zero attached hydrogens (tertiary/aromatic N) is 2. The van der Waals surface area contributed by atoms with E-state index in [-0.39, 0.29) is 5.41 Å². The number of hydrogen-bond donors (Lipinski definition) is 2. The molecule has 0 bridgehead atoms. The summed E-state index contributed by atoms with van der Waals surface area (Å²) in [6.45, 7) is 16.2. The molecule has 2 aromatic carbocycles. The number of anilines is 1. The lowest BCUT2D eigenvalue weighted by atomic mass is 9.82. The molecular weight excluding hydrogens is 542 g/mol. The summed E-state index contributed by atoms with van der Waals surface area (Å²) < 4.78 is 12.2. The summed E-state index contributed by atoms with van der Waals surface area (Å²) >= 11 is 0. The summed E-state index contributed by atoms with van der Waals surface area (Å²) in [5.74, 6) is -0.737. The Bertz CT molecular complexity index is 1450. The van der Waals surface area contributed by atoms with E-state index in [2.05, 4.69) is 18.7 Å². The summed E-state index contributed by atoms with van der Waals surface area (Å²) in [5.41, 5.74) is 11.3.